The van der Waals surface area contributed by atoms with Crippen LogP contribution < -0.4 is 5.32 Å². The summed E-state index contributed by atoms with van der Waals surface area (Å²) >= 11 is 0. The predicted molar refractivity (Wildman–Crippen MR) is 97.9 cm³/mol. The fourth-order valence-corrected chi connectivity index (χ4v) is 3.70. The van der Waals surface area contributed by atoms with Gasteiger partial charge in [0.05, 0.1) is 30.0 Å². The molecule has 4 rings (SSSR count). The molecule has 25 heavy (non-hydrogen) atoms. The summed E-state index contributed by atoms with van der Waals surface area (Å²) in [6.45, 7) is 6.23. The maximum absolute atomic E-state index is 12.8. The van der Waals surface area contributed by atoms with Crippen molar-refractivity contribution in [3.63, 3.8) is 0 Å². The van der Waals surface area contributed by atoms with Gasteiger partial charge in [0.15, 0.2) is 0 Å². The number of carbonyl (C=O) groups excluding carboxylic acids is 1. The zero-order valence-corrected chi connectivity index (χ0v) is 15.3. The lowest BCUT2D eigenvalue weighted by atomic mass is 9.99. The predicted octanol–water partition coefficient (Wildman–Crippen LogP) is 1.82. The molecule has 1 unspecified atom stereocenters. The van der Waals surface area contributed by atoms with Crippen molar-refractivity contribution in [2.24, 2.45) is 5.92 Å². The van der Waals surface area contributed by atoms with Gasteiger partial charge in [0.2, 0.25) is 0 Å². The minimum absolute atomic E-state index is 0. The maximum Gasteiger partial charge on any atom is 0.255 e. The second-order valence-corrected chi connectivity index (χ2v) is 6.87. The molecular weight excluding hydrogens is 338 g/mol. The number of halogens is 1. The Hall–Kier alpha value is -1.92. The normalized spacial score (nSPS) is 19.4. The molecule has 7 heteroatoms. The molecule has 1 fully saturated rings. The van der Waals surface area contributed by atoms with Crippen LogP contribution in [0.1, 0.15) is 33.7 Å². The summed E-state index contributed by atoms with van der Waals surface area (Å²) in [6.07, 6.45) is 5.78. The van der Waals surface area contributed by atoms with Crippen LogP contribution in [0.5, 0.6) is 0 Å². The van der Waals surface area contributed by atoms with E-state index in [-0.39, 0.29) is 18.3 Å². The second kappa shape index (κ2) is 7.54. The van der Waals surface area contributed by atoms with Crippen LogP contribution in [0.3, 0.4) is 0 Å². The van der Waals surface area contributed by atoms with E-state index < -0.39 is 0 Å². The first-order valence-electron chi connectivity index (χ1n) is 8.66. The molecule has 0 bridgehead atoms. The number of carbonyl (C=O) groups is 1. The third-order valence-electron chi connectivity index (χ3n) is 4.94. The zero-order chi connectivity index (χ0) is 16.5. The molecule has 1 N–H and O–H groups in total. The lowest BCUT2D eigenvalue weighted by Crippen LogP contribution is -2.38. The Labute approximate surface area is 154 Å². The van der Waals surface area contributed by atoms with Gasteiger partial charge in [0.1, 0.15) is 0 Å². The molecule has 0 spiro atoms. The number of nitrogens with one attached hydrogen (secondary N) is 1. The van der Waals surface area contributed by atoms with Gasteiger partial charge in [-0.15, -0.1) is 12.4 Å². The zero-order valence-electron chi connectivity index (χ0n) is 14.4. The van der Waals surface area contributed by atoms with Gasteiger partial charge in [-0.1, -0.05) is 0 Å². The Kier molecular flexibility index (Phi) is 5.39. The van der Waals surface area contributed by atoms with E-state index in [1.54, 1.807) is 6.20 Å². The van der Waals surface area contributed by atoms with E-state index in [0.717, 1.165) is 43.0 Å². The molecule has 2 aromatic rings. The number of hydrogen-bond donors (Lipinski definition) is 1. The minimum Gasteiger partial charge on any atom is -0.331 e. The molecule has 2 aromatic heterocycles. The van der Waals surface area contributed by atoms with E-state index in [1.165, 1.54) is 6.42 Å². The molecule has 2 aliphatic rings. The highest BCUT2D eigenvalue weighted by molar-refractivity contribution is 5.94. The fourth-order valence-electron chi connectivity index (χ4n) is 3.70. The molecule has 4 heterocycles. The largest absolute Gasteiger partial charge is 0.331 e. The summed E-state index contributed by atoms with van der Waals surface area (Å²) in [5.41, 5.74) is 3.97. The highest BCUT2D eigenvalue weighted by atomic mass is 35.5. The number of amides is 1. The van der Waals surface area contributed by atoms with Crippen molar-refractivity contribution in [1.29, 1.82) is 0 Å². The van der Waals surface area contributed by atoms with Gasteiger partial charge >= 0.3 is 0 Å². The molecule has 2 aliphatic heterocycles. The van der Waals surface area contributed by atoms with E-state index >= 15 is 0 Å². The van der Waals surface area contributed by atoms with Gasteiger partial charge < -0.3 is 10.2 Å². The maximum atomic E-state index is 12.8. The Morgan fingerprint density at radius 2 is 2.20 bits per heavy atom. The van der Waals surface area contributed by atoms with Gasteiger partial charge in [0.25, 0.3) is 5.91 Å². The molecule has 0 aromatic carbocycles. The highest BCUT2D eigenvalue weighted by Gasteiger charge is 2.23. The Morgan fingerprint density at radius 1 is 1.32 bits per heavy atom. The van der Waals surface area contributed by atoms with Crippen LogP contribution >= 0.6 is 12.4 Å². The van der Waals surface area contributed by atoms with Crippen molar-refractivity contribution in [3.05, 3.63) is 47.0 Å². The highest BCUT2D eigenvalue weighted by Crippen LogP contribution is 2.18. The summed E-state index contributed by atoms with van der Waals surface area (Å²) in [5.74, 6) is 0.725. The third-order valence-corrected chi connectivity index (χ3v) is 4.94. The summed E-state index contributed by atoms with van der Waals surface area (Å²) in [7, 11) is 0. The number of aromatic nitrogens is 3. The van der Waals surface area contributed by atoms with E-state index in [0.29, 0.717) is 24.6 Å². The van der Waals surface area contributed by atoms with Gasteiger partial charge in [-0.3, -0.25) is 14.5 Å². The Balaban J connectivity index is 0.00000182. The molecule has 0 radical (unpaired) electrons. The molecular formula is C18H24ClN5O. The summed E-state index contributed by atoms with van der Waals surface area (Å²) < 4.78 is 2.00. The van der Waals surface area contributed by atoms with Gasteiger partial charge in [-0.25, -0.2) is 0 Å². The molecule has 1 saturated heterocycles. The number of fused-ring (bicyclic) bond motifs is 1. The van der Waals surface area contributed by atoms with Crippen LogP contribution in [-0.4, -0.2) is 45.2 Å². The van der Waals surface area contributed by atoms with Gasteiger partial charge in [-0.2, -0.15) is 5.10 Å². The smallest absolute Gasteiger partial charge is 0.255 e. The molecule has 6 nitrogen and oxygen atoms in total. The third kappa shape index (κ3) is 3.85. The van der Waals surface area contributed by atoms with E-state index in [9.17, 15) is 4.79 Å². The Bertz CT molecular complexity index is 754. The standard InChI is InChI=1S/C18H23N5O.ClH/c1-13-6-17-12-22(4-5-23(17)21-13)18(24)16-8-15(10-20-11-16)7-14-2-3-19-9-14;/h6,8,10-11,14,19H,2-5,7,9,12H2,1H3;1H. The van der Waals surface area contributed by atoms with Crippen molar-refractivity contribution >= 4 is 18.3 Å². The Morgan fingerprint density at radius 3 is 3.00 bits per heavy atom. The average Bonchev–Trinajstić information content (AvgIpc) is 3.22. The van der Waals surface area contributed by atoms with E-state index in [2.05, 4.69) is 21.5 Å². The van der Waals surface area contributed by atoms with Crippen molar-refractivity contribution in [3.8, 4) is 0 Å². The molecule has 134 valence electrons. The average molecular weight is 362 g/mol. The SMILES string of the molecule is Cc1cc2n(n1)CCN(C(=O)c1cncc(CC3CCNC3)c1)C2.Cl. The lowest BCUT2D eigenvalue weighted by Gasteiger charge is -2.27. The fraction of sp³-hybridized carbons (Fsp3) is 0.500. The monoisotopic (exact) mass is 361 g/mol. The topological polar surface area (TPSA) is 63.1 Å². The number of hydrogen-bond acceptors (Lipinski definition) is 4. The van der Waals surface area contributed by atoms with Crippen molar-refractivity contribution in [1.82, 2.24) is 25.0 Å². The van der Waals surface area contributed by atoms with Crippen molar-refractivity contribution in [2.75, 3.05) is 19.6 Å². The van der Waals surface area contributed by atoms with Crippen LogP contribution in [0.2, 0.25) is 0 Å². The van der Waals surface area contributed by atoms with Gasteiger partial charge in [-0.05, 0) is 56.5 Å². The second-order valence-electron chi connectivity index (χ2n) is 6.87. The van der Waals surface area contributed by atoms with Gasteiger partial charge in [0, 0.05) is 18.9 Å². The van der Waals surface area contributed by atoms with Crippen LogP contribution in [0.25, 0.3) is 0 Å². The van der Waals surface area contributed by atoms with Crippen molar-refractivity contribution in [2.45, 2.75) is 32.9 Å². The lowest BCUT2D eigenvalue weighted by molar-refractivity contribution is 0.0705. The first-order chi connectivity index (χ1) is 11.7. The number of rotatable bonds is 3. The summed E-state index contributed by atoms with van der Waals surface area (Å²) in [6, 6.07) is 4.08. The van der Waals surface area contributed by atoms with Crippen LogP contribution in [0, 0.1) is 12.8 Å². The summed E-state index contributed by atoms with van der Waals surface area (Å²) in [4.78, 5) is 19.1. The van der Waals surface area contributed by atoms with Crippen LogP contribution in [0.15, 0.2) is 24.5 Å². The van der Waals surface area contributed by atoms with E-state index in [4.69, 9.17) is 0 Å². The first kappa shape index (κ1) is 17.9. The first-order valence-corrected chi connectivity index (χ1v) is 8.66. The summed E-state index contributed by atoms with van der Waals surface area (Å²) in [5, 5.41) is 7.84. The van der Waals surface area contributed by atoms with Crippen LogP contribution in [0.4, 0.5) is 0 Å². The number of nitrogens with zero attached hydrogens (tertiary/aromatic N) is 4. The molecule has 1 atom stereocenters. The molecule has 1 amide bonds. The number of pyridine rings is 1. The van der Waals surface area contributed by atoms with Crippen LogP contribution in [-0.2, 0) is 19.5 Å². The number of aryl methyl sites for hydroxylation is 1. The molecule has 0 saturated carbocycles. The van der Waals surface area contributed by atoms with E-state index in [1.807, 2.05) is 28.8 Å². The minimum atomic E-state index is 0. The molecule has 0 aliphatic carbocycles. The quantitative estimate of drug-likeness (QED) is 0.905. The van der Waals surface area contributed by atoms with Crippen molar-refractivity contribution < 1.29 is 4.79 Å².